The quantitative estimate of drug-likeness (QED) is 0.802. The topological polar surface area (TPSA) is 74.3 Å². The maximum absolute atomic E-state index is 12.3. The van der Waals surface area contributed by atoms with Gasteiger partial charge in [-0.2, -0.15) is 0 Å². The molecule has 0 bridgehead atoms. The van der Waals surface area contributed by atoms with E-state index < -0.39 is 6.10 Å². The van der Waals surface area contributed by atoms with Gasteiger partial charge in [0.25, 0.3) is 0 Å². The van der Waals surface area contributed by atoms with Gasteiger partial charge in [0.2, 0.25) is 5.91 Å². The Bertz CT molecular complexity index is 566. The lowest BCUT2D eigenvalue weighted by Crippen LogP contribution is -2.45. The van der Waals surface area contributed by atoms with E-state index in [4.69, 9.17) is 9.47 Å². The molecule has 2 aliphatic rings. The lowest BCUT2D eigenvalue weighted by molar-refractivity contribution is -0.117. The number of ether oxygens (including phenoxy) is 2. The summed E-state index contributed by atoms with van der Waals surface area (Å²) in [4.78, 5) is 16.7. The van der Waals surface area contributed by atoms with E-state index >= 15 is 0 Å². The van der Waals surface area contributed by atoms with Crippen LogP contribution < -0.4 is 10.1 Å². The lowest BCUT2D eigenvalue weighted by Gasteiger charge is -2.28. The van der Waals surface area contributed by atoms with Crippen LogP contribution in [0.2, 0.25) is 0 Å². The zero-order chi connectivity index (χ0) is 17.6. The first-order valence-corrected chi connectivity index (χ1v) is 8.82. The highest BCUT2D eigenvalue weighted by atomic mass is 16.5. The largest absolute Gasteiger partial charge is 0.497 e. The molecular weight excluding hydrogens is 322 g/mol. The molecule has 2 saturated heterocycles. The number of anilines is 1. The Morgan fingerprint density at radius 2 is 2.04 bits per heavy atom. The standard InChI is InChI=1S/C18H27N3O4/c1-24-15-5-3-14(4-6-15)19-18(23)11-20-7-2-8-21(10-9-20)16-12-25-13-17(16)22/h3-6,16-17,22H,2,7-13H2,1H3,(H,19,23)/t16-,17-/m0/s1. The van der Waals surface area contributed by atoms with Gasteiger partial charge in [-0.05, 0) is 43.8 Å². The molecule has 1 amide bonds. The van der Waals surface area contributed by atoms with E-state index in [0.717, 1.165) is 44.0 Å². The van der Waals surface area contributed by atoms with E-state index in [9.17, 15) is 9.90 Å². The van der Waals surface area contributed by atoms with E-state index in [1.54, 1.807) is 7.11 Å². The molecule has 0 aromatic heterocycles. The maximum atomic E-state index is 12.3. The molecule has 0 unspecified atom stereocenters. The number of methoxy groups -OCH3 is 1. The van der Waals surface area contributed by atoms with Gasteiger partial charge in [0.05, 0.1) is 39.0 Å². The molecule has 2 N–H and O–H groups in total. The molecular formula is C18H27N3O4. The summed E-state index contributed by atoms with van der Waals surface area (Å²) < 4.78 is 10.5. The molecule has 1 aromatic rings. The van der Waals surface area contributed by atoms with Crippen molar-refractivity contribution in [2.45, 2.75) is 18.6 Å². The molecule has 2 aliphatic heterocycles. The smallest absolute Gasteiger partial charge is 0.238 e. The average Bonchev–Trinajstić information content (AvgIpc) is 2.90. The number of nitrogens with zero attached hydrogens (tertiary/aromatic N) is 2. The number of nitrogens with one attached hydrogen (secondary N) is 1. The Hall–Kier alpha value is -1.67. The summed E-state index contributed by atoms with van der Waals surface area (Å²) in [5.41, 5.74) is 0.772. The molecule has 2 fully saturated rings. The SMILES string of the molecule is COc1ccc(NC(=O)CN2CCCN([C@H]3COC[C@@H]3O)CC2)cc1. The van der Waals surface area contributed by atoms with Crippen molar-refractivity contribution in [1.29, 1.82) is 0 Å². The summed E-state index contributed by atoms with van der Waals surface area (Å²) in [6.07, 6.45) is 0.587. The highest BCUT2D eigenvalue weighted by molar-refractivity contribution is 5.92. The van der Waals surface area contributed by atoms with Crippen molar-refractivity contribution in [2.75, 3.05) is 58.4 Å². The van der Waals surface area contributed by atoms with Crippen molar-refractivity contribution < 1.29 is 19.4 Å². The fraction of sp³-hybridized carbons (Fsp3) is 0.611. The molecule has 25 heavy (non-hydrogen) atoms. The second-order valence-corrected chi connectivity index (χ2v) is 6.61. The van der Waals surface area contributed by atoms with Crippen molar-refractivity contribution in [2.24, 2.45) is 0 Å². The molecule has 0 saturated carbocycles. The molecule has 7 heteroatoms. The van der Waals surface area contributed by atoms with Gasteiger partial charge in [-0.25, -0.2) is 0 Å². The number of carbonyl (C=O) groups is 1. The Kier molecular flexibility index (Phi) is 6.25. The average molecular weight is 349 g/mol. The highest BCUT2D eigenvalue weighted by Gasteiger charge is 2.32. The Balaban J connectivity index is 1.46. The summed E-state index contributed by atoms with van der Waals surface area (Å²) >= 11 is 0. The Morgan fingerprint density at radius 3 is 2.72 bits per heavy atom. The number of amides is 1. The van der Waals surface area contributed by atoms with Crippen LogP contribution in [0.4, 0.5) is 5.69 Å². The van der Waals surface area contributed by atoms with E-state index in [2.05, 4.69) is 15.1 Å². The third kappa shape index (κ3) is 4.92. The molecule has 0 spiro atoms. The number of rotatable bonds is 5. The number of carbonyl (C=O) groups excluding carboxylic acids is 1. The third-order valence-corrected chi connectivity index (χ3v) is 4.85. The predicted octanol–water partition coefficient (Wildman–Crippen LogP) is 0.401. The zero-order valence-corrected chi connectivity index (χ0v) is 14.7. The summed E-state index contributed by atoms with van der Waals surface area (Å²) in [7, 11) is 1.62. The summed E-state index contributed by atoms with van der Waals surface area (Å²) in [6.45, 7) is 4.88. The number of hydrogen-bond acceptors (Lipinski definition) is 6. The highest BCUT2D eigenvalue weighted by Crippen LogP contribution is 2.17. The second-order valence-electron chi connectivity index (χ2n) is 6.61. The zero-order valence-electron chi connectivity index (χ0n) is 14.7. The minimum atomic E-state index is -0.398. The first-order chi connectivity index (χ1) is 12.2. The number of benzene rings is 1. The van der Waals surface area contributed by atoms with Crippen LogP contribution in [0.3, 0.4) is 0 Å². The van der Waals surface area contributed by atoms with Crippen LogP contribution in [0.25, 0.3) is 0 Å². The molecule has 0 aliphatic carbocycles. The van der Waals surface area contributed by atoms with Gasteiger partial charge in [0.15, 0.2) is 0 Å². The molecule has 2 heterocycles. The van der Waals surface area contributed by atoms with Gasteiger partial charge in [-0.15, -0.1) is 0 Å². The Labute approximate surface area is 148 Å². The summed E-state index contributed by atoms with van der Waals surface area (Å²) in [5, 5.41) is 12.9. The van der Waals surface area contributed by atoms with Gasteiger partial charge in [-0.3, -0.25) is 14.6 Å². The van der Waals surface area contributed by atoms with Gasteiger partial charge in [0.1, 0.15) is 5.75 Å². The first-order valence-electron chi connectivity index (χ1n) is 8.82. The van der Waals surface area contributed by atoms with Crippen LogP contribution in [0.1, 0.15) is 6.42 Å². The minimum Gasteiger partial charge on any atom is -0.497 e. The van der Waals surface area contributed by atoms with Gasteiger partial charge in [0, 0.05) is 18.8 Å². The predicted molar refractivity (Wildman–Crippen MR) is 94.9 cm³/mol. The summed E-state index contributed by atoms with van der Waals surface area (Å²) in [6, 6.07) is 7.42. The van der Waals surface area contributed by atoms with E-state index in [0.29, 0.717) is 19.8 Å². The normalized spacial score (nSPS) is 25.5. The molecule has 2 atom stereocenters. The first kappa shape index (κ1) is 18.1. The molecule has 7 nitrogen and oxygen atoms in total. The van der Waals surface area contributed by atoms with Crippen LogP contribution in [0, 0.1) is 0 Å². The number of aliphatic hydroxyl groups excluding tert-OH is 1. The van der Waals surface area contributed by atoms with Crippen LogP contribution in [0.5, 0.6) is 5.75 Å². The molecule has 3 rings (SSSR count). The second kappa shape index (κ2) is 8.62. The summed E-state index contributed by atoms with van der Waals surface area (Å²) in [5.74, 6) is 0.756. The van der Waals surface area contributed by atoms with Crippen LogP contribution >= 0.6 is 0 Å². The monoisotopic (exact) mass is 349 g/mol. The van der Waals surface area contributed by atoms with Crippen LogP contribution in [-0.4, -0.2) is 86.0 Å². The minimum absolute atomic E-state index is 0.0112. The van der Waals surface area contributed by atoms with E-state index in [1.807, 2.05) is 24.3 Å². The van der Waals surface area contributed by atoms with E-state index in [1.165, 1.54) is 0 Å². The van der Waals surface area contributed by atoms with Crippen molar-refractivity contribution in [3.63, 3.8) is 0 Å². The molecule has 1 aromatic carbocycles. The fourth-order valence-corrected chi connectivity index (χ4v) is 3.44. The van der Waals surface area contributed by atoms with Gasteiger partial charge >= 0.3 is 0 Å². The lowest BCUT2D eigenvalue weighted by atomic mass is 10.2. The van der Waals surface area contributed by atoms with Crippen molar-refractivity contribution in [3.8, 4) is 5.75 Å². The number of hydrogen-bond donors (Lipinski definition) is 2. The van der Waals surface area contributed by atoms with E-state index in [-0.39, 0.29) is 11.9 Å². The van der Waals surface area contributed by atoms with Crippen LogP contribution in [-0.2, 0) is 9.53 Å². The van der Waals surface area contributed by atoms with Gasteiger partial charge < -0.3 is 19.9 Å². The Morgan fingerprint density at radius 1 is 1.24 bits per heavy atom. The van der Waals surface area contributed by atoms with Gasteiger partial charge in [-0.1, -0.05) is 0 Å². The fourth-order valence-electron chi connectivity index (χ4n) is 3.44. The van der Waals surface area contributed by atoms with Crippen molar-refractivity contribution in [1.82, 2.24) is 9.80 Å². The molecule has 0 radical (unpaired) electrons. The van der Waals surface area contributed by atoms with Crippen molar-refractivity contribution >= 4 is 11.6 Å². The third-order valence-electron chi connectivity index (χ3n) is 4.85. The molecule has 138 valence electrons. The number of aliphatic hydroxyl groups is 1. The maximum Gasteiger partial charge on any atom is 0.238 e. The van der Waals surface area contributed by atoms with Crippen molar-refractivity contribution in [3.05, 3.63) is 24.3 Å². The van der Waals surface area contributed by atoms with Crippen LogP contribution in [0.15, 0.2) is 24.3 Å².